The number of nitrogens with zero attached hydrogens (tertiary/aromatic N) is 2. The average molecular weight is 408 g/mol. The fourth-order valence-electron chi connectivity index (χ4n) is 3.39. The summed E-state index contributed by atoms with van der Waals surface area (Å²) in [6, 6.07) is 0.646. The molecule has 0 spiro atoms. The van der Waals surface area contributed by atoms with Crippen molar-refractivity contribution >= 4 is 29.9 Å². The molecule has 4 nitrogen and oxygen atoms in total. The largest absolute Gasteiger partial charge is 0.357 e. The zero-order valence-electron chi connectivity index (χ0n) is 13.7. The van der Waals surface area contributed by atoms with Crippen molar-refractivity contribution in [2.75, 3.05) is 32.7 Å². The van der Waals surface area contributed by atoms with Crippen LogP contribution in [0, 0.1) is 5.92 Å². The molecule has 21 heavy (non-hydrogen) atoms. The van der Waals surface area contributed by atoms with Crippen LogP contribution in [0.4, 0.5) is 0 Å². The second-order valence-electron chi connectivity index (χ2n) is 6.30. The van der Waals surface area contributed by atoms with Crippen molar-refractivity contribution in [2.24, 2.45) is 10.9 Å². The molecule has 0 bridgehead atoms. The first-order valence-corrected chi connectivity index (χ1v) is 8.59. The zero-order chi connectivity index (χ0) is 14.2. The quantitative estimate of drug-likeness (QED) is 0.404. The Morgan fingerprint density at radius 2 is 1.95 bits per heavy atom. The summed E-state index contributed by atoms with van der Waals surface area (Å²) < 4.78 is 0. The first-order chi connectivity index (χ1) is 9.81. The second-order valence-corrected chi connectivity index (χ2v) is 6.30. The minimum atomic E-state index is 0. The van der Waals surface area contributed by atoms with Crippen LogP contribution in [0.5, 0.6) is 0 Å². The van der Waals surface area contributed by atoms with Crippen molar-refractivity contribution in [3.63, 3.8) is 0 Å². The molecule has 2 aliphatic rings. The number of guanidine groups is 1. The van der Waals surface area contributed by atoms with Gasteiger partial charge in [-0.15, -0.1) is 24.0 Å². The maximum absolute atomic E-state index is 4.82. The maximum atomic E-state index is 4.82. The van der Waals surface area contributed by atoms with Crippen LogP contribution in [-0.2, 0) is 0 Å². The van der Waals surface area contributed by atoms with Crippen LogP contribution >= 0.6 is 24.0 Å². The zero-order valence-corrected chi connectivity index (χ0v) is 16.1. The molecule has 124 valence electrons. The van der Waals surface area contributed by atoms with Crippen LogP contribution in [-0.4, -0.2) is 49.6 Å². The molecule has 1 saturated heterocycles. The first kappa shape index (κ1) is 19.0. The Morgan fingerprint density at radius 3 is 2.62 bits per heavy atom. The predicted molar refractivity (Wildman–Crippen MR) is 102 cm³/mol. The number of hydrogen-bond donors (Lipinski definition) is 2. The molecule has 0 amide bonds. The molecule has 1 aliphatic carbocycles. The Kier molecular flexibility index (Phi) is 9.64. The second kappa shape index (κ2) is 10.6. The Balaban J connectivity index is 0.00000220. The minimum absolute atomic E-state index is 0. The van der Waals surface area contributed by atoms with Crippen molar-refractivity contribution in [2.45, 2.75) is 58.4 Å². The van der Waals surface area contributed by atoms with E-state index in [-0.39, 0.29) is 24.0 Å². The van der Waals surface area contributed by atoms with E-state index in [2.05, 4.69) is 29.4 Å². The molecule has 0 aromatic rings. The molecule has 1 heterocycles. The van der Waals surface area contributed by atoms with E-state index in [1.807, 2.05) is 0 Å². The van der Waals surface area contributed by atoms with Gasteiger partial charge in [0.25, 0.3) is 0 Å². The van der Waals surface area contributed by atoms with Crippen molar-refractivity contribution in [1.82, 2.24) is 15.5 Å². The van der Waals surface area contributed by atoms with Crippen LogP contribution in [0.15, 0.2) is 4.99 Å². The van der Waals surface area contributed by atoms with Crippen molar-refractivity contribution < 1.29 is 0 Å². The molecule has 0 radical (unpaired) electrons. The van der Waals surface area contributed by atoms with Gasteiger partial charge in [-0.3, -0.25) is 4.99 Å². The van der Waals surface area contributed by atoms with E-state index in [9.17, 15) is 0 Å². The van der Waals surface area contributed by atoms with Crippen LogP contribution in [0.2, 0.25) is 0 Å². The van der Waals surface area contributed by atoms with Gasteiger partial charge in [-0.2, -0.15) is 0 Å². The molecule has 1 aliphatic heterocycles. The van der Waals surface area contributed by atoms with Crippen molar-refractivity contribution in [3.8, 4) is 0 Å². The van der Waals surface area contributed by atoms with E-state index < -0.39 is 0 Å². The standard InChI is InChI=1S/C16H32N4.HI/c1-3-10-20-11-9-14(13-20)12-18-16(17-4-2)19-15-7-5-6-8-15;/h14-15H,3-13H2,1-2H3,(H2,17,18,19);1H. The first-order valence-electron chi connectivity index (χ1n) is 8.59. The lowest BCUT2D eigenvalue weighted by molar-refractivity contribution is 0.326. The van der Waals surface area contributed by atoms with E-state index in [1.165, 1.54) is 58.2 Å². The number of rotatable bonds is 6. The monoisotopic (exact) mass is 408 g/mol. The van der Waals surface area contributed by atoms with Gasteiger partial charge in [0.15, 0.2) is 5.96 Å². The Bertz CT molecular complexity index is 303. The Labute approximate surface area is 147 Å². The third-order valence-corrected chi connectivity index (χ3v) is 4.46. The molecule has 0 aromatic carbocycles. The molecule has 2 N–H and O–H groups in total. The molecule has 1 atom stereocenters. The van der Waals surface area contributed by atoms with Crippen LogP contribution in [0.3, 0.4) is 0 Å². The summed E-state index contributed by atoms with van der Waals surface area (Å²) in [6.45, 7) is 10.1. The number of likely N-dealkylation sites (tertiary alicyclic amines) is 1. The summed E-state index contributed by atoms with van der Waals surface area (Å²) in [5, 5.41) is 7.00. The highest BCUT2D eigenvalue weighted by Crippen LogP contribution is 2.18. The highest BCUT2D eigenvalue weighted by atomic mass is 127. The summed E-state index contributed by atoms with van der Waals surface area (Å²) in [7, 11) is 0. The topological polar surface area (TPSA) is 39.7 Å². The van der Waals surface area contributed by atoms with Gasteiger partial charge < -0.3 is 15.5 Å². The van der Waals surface area contributed by atoms with Gasteiger partial charge in [-0.05, 0) is 51.6 Å². The lowest BCUT2D eigenvalue weighted by atomic mass is 10.1. The normalized spacial score (nSPS) is 24.1. The van der Waals surface area contributed by atoms with Crippen LogP contribution < -0.4 is 10.6 Å². The van der Waals surface area contributed by atoms with Crippen LogP contribution in [0.25, 0.3) is 0 Å². The van der Waals surface area contributed by atoms with Gasteiger partial charge in [-0.1, -0.05) is 19.8 Å². The van der Waals surface area contributed by atoms with E-state index in [0.29, 0.717) is 6.04 Å². The summed E-state index contributed by atoms with van der Waals surface area (Å²) in [5.74, 6) is 1.79. The average Bonchev–Trinajstić information content (AvgIpc) is 3.08. The molecule has 2 fully saturated rings. The maximum Gasteiger partial charge on any atom is 0.191 e. The number of nitrogens with one attached hydrogen (secondary N) is 2. The third kappa shape index (κ3) is 6.72. The minimum Gasteiger partial charge on any atom is -0.357 e. The van der Waals surface area contributed by atoms with Gasteiger partial charge >= 0.3 is 0 Å². The molecular formula is C16H33IN4. The van der Waals surface area contributed by atoms with Gasteiger partial charge in [0.2, 0.25) is 0 Å². The SMILES string of the molecule is CCCN1CCC(CN=C(NCC)NC2CCCC2)C1.I. The van der Waals surface area contributed by atoms with E-state index >= 15 is 0 Å². The van der Waals surface area contributed by atoms with Gasteiger partial charge in [-0.25, -0.2) is 0 Å². The summed E-state index contributed by atoms with van der Waals surface area (Å²) >= 11 is 0. The lowest BCUT2D eigenvalue weighted by Crippen LogP contribution is -2.42. The smallest absolute Gasteiger partial charge is 0.191 e. The van der Waals surface area contributed by atoms with E-state index in [4.69, 9.17) is 4.99 Å². The molecule has 2 rings (SSSR count). The van der Waals surface area contributed by atoms with Gasteiger partial charge in [0, 0.05) is 25.7 Å². The lowest BCUT2D eigenvalue weighted by Gasteiger charge is -2.18. The summed E-state index contributed by atoms with van der Waals surface area (Å²) in [5.41, 5.74) is 0. The van der Waals surface area contributed by atoms with Gasteiger partial charge in [0.1, 0.15) is 0 Å². The molecule has 0 aromatic heterocycles. The van der Waals surface area contributed by atoms with Crippen molar-refractivity contribution in [1.29, 1.82) is 0 Å². The summed E-state index contributed by atoms with van der Waals surface area (Å²) in [6.07, 6.45) is 7.92. The number of hydrogen-bond acceptors (Lipinski definition) is 2. The predicted octanol–water partition coefficient (Wildman–Crippen LogP) is 2.83. The number of aliphatic imine (C=N–C) groups is 1. The molecule has 1 unspecified atom stereocenters. The molecular weight excluding hydrogens is 375 g/mol. The highest BCUT2D eigenvalue weighted by molar-refractivity contribution is 14.0. The van der Waals surface area contributed by atoms with Crippen LogP contribution in [0.1, 0.15) is 52.4 Å². The molecule has 1 saturated carbocycles. The Morgan fingerprint density at radius 1 is 1.19 bits per heavy atom. The fraction of sp³-hybridized carbons (Fsp3) is 0.938. The number of halogens is 1. The molecule has 5 heteroatoms. The van der Waals surface area contributed by atoms with Gasteiger partial charge in [0.05, 0.1) is 0 Å². The van der Waals surface area contributed by atoms with E-state index in [0.717, 1.165) is 25.0 Å². The fourth-order valence-corrected chi connectivity index (χ4v) is 3.39. The third-order valence-electron chi connectivity index (χ3n) is 4.46. The summed E-state index contributed by atoms with van der Waals surface area (Å²) in [4.78, 5) is 7.40. The Hall–Kier alpha value is -0.0400. The van der Waals surface area contributed by atoms with Crippen molar-refractivity contribution in [3.05, 3.63) is 0 Å². The highest BCUT2D eigenvalue weighted by Gasteiger charge is 2.22. The van der Waals surface area contributed by atoms with E-state index in [1.54, 1.807) is 0 Å².